The summed E-state index contributed by atoms with van der Waals surface area (Å²) in [5.41, 5.74) is 0.549. The molecule has 2 heterocycles. The summed E-state index contributed by atoms with van der Waals surface area (Å²) >= 11 is 6.91. The van der Waals surface area contributed by atoms with Crippen molar-refractivity contribution < 1.29 is 22.0 Å². The number of anilines is 1. The molecule has 4 rings (SSSR count). The van der Waals surface area contributed by atoms with Crippen LogP contribution in [0.5, 0.6) is 0 Å². The van der Waals surface area contributed by atoms with Gasteiger partial charge in [-0.2, -0.15) is 4.31 Å². The highest BCUT2D eigenvalue weighted by atomic mass is 35.5. The van der Waals surface area contributed by atoms with E-state index < -0.39 is 32.5 Å². The molecule has 1 amide bonds. The number of nitrogens with zero attached hydrogens (tertiary/aromatic N) is 3. The van der Waals surface area contributed by atoms with Gasteiger partial charge in [0.15, 0.2) is 0 Å². The molecule has 1 N–H and O–H groups in total. The van der Waals surface area contributed by atoms with Gasteiger partial charge in [0.1, 0.15) is 21.5 Å². The minimum Gasteiger partial charge on any atom is -0.320 e. The van der Waals surface area contributed by atoms with Gasteiger partial charge in [0.05, 0.1) is 0 Å². The van der Waals surface area contributed by atoms with Crippen molar-refractivity contribution >= 4 is 44.6 Å². The minimum absolute atomic E-state index is 0.0621. The van der Waals surface area contributed by atoms with Gasteiger partial charge in [-0.05, 0) is 49.2 Å². The third-order valence-corrected chi connectivity index (χ3v) is 8.22. The van der Waals surface area contributed by atoms with Crippen LogP contribution in [0.25, 0.3) is 0 Å². The molecule has 168 valence electrons. The van der Waals surface area contributed by atoms with Crippen LogP contribution in [0.15, 0.2) is 47.4 Å². The number of rotatable bonds is 5. The van der Waals surface area contributed by atoms with Crippen LogP contribution in [-0.2, 0) is 10.0 Å². The van der Waals surface area contributed by atoms with E-state index in [1.807, 2.05) is 0 Å². The summed E-state index contributed by atoms with van der Waals surface area (Å²) in [6, 6.07) is 8.97. The summed E-state index contributed by atoms with van der Waals surface area (Å²) < 4.78 is 54.2. The number of halogens is 3. The maximum absolute atomic E-state index is 14.1. The number of hydrogen-bond donors (Lipinski definition) is 1. The van der Waals surface area contributed by atoms with Crippen molar-refractivity contribution in [3.8, 4) is 0 Å². The van der Waals surface area contributed by atoms with E-state index in [4.69, 9.17) is 11.6 Å². The second-order valence-corrected chi connectivity index (χ2v) is 10.5. The summed E-state index contributed by atoms with van der Waals surface area (Å²) in [6.07, 6.45) is 1.17. The maximum atomic E-state index is 14.1. The van der Waals surface area contributed by atoms with Crippen LogP contribution < -0.4 is 5.32 Å². The van der Waals surface area contributed by atoms with Gasteiger partial charge in [-0.1, -0.05) is 22.9 Å². The highest BCUT2D eigenvalue weighted by molar-refractivity contribution is 7.89. The van der Waals surface area contributed by atoms with Crippen molar-refractivity contribution in [2.75, 3.05) is 18.4 Å². The van der Waals surface area contributed by atoms with Gasteiger partial charge in [0.2, 0.25) is 15.0 Å². The van der Waals surface area contributed by atoms with E-state index in [-0.39, 0.29) is 24.0 Å². The Morgan fingerprint density at radius 2 is 1.91 bits per heavy atom. The topological polar surface area (TPSA) is 92.3 Å². The Balaban J connectivity index is 1.48. The summed E-state index contributed by atoms with van der Waals surface area (Å²) in [5.74, 6) is -2.72. The van der Waals surface area contributed by atoms with Crippen molar-refractivity contribution in [1.29, 1.82) is 0 Å². The highest BCUT2D eigenvalue weighted by Gasteiger charge is 2.34. The molecular formula is C20H17ClF2N4O3S2. The number of piperidine rings is 1. The van der Waals surface area contributed by atoms with E-state index in [1.165, 1.54) is 0 Å². The average molecular weight is 499 g/mol. The average Bonchev–Trinajstić information content (AvgIpc) is 3.26. The zero-order valence-corrected chi connectivity index (χ0v) is 18.9. The zero-order chi connectivity index (χ0) is 22.9. The predicted octanol–water partition coefficient (Wildman–Crippen LogP) is 4.29. The van der Waals surface area contributed by atoms with E-state index in [0.29, 0.717) is 34.6 Å². The van der Waals surface area contributed by atoms with Gasteiger partial charge in [0, 0.05) is 35.8 Å². The Kier molecular flexibility index (Phi) is 6.52. The Bertz CT molecular complexity index is 1250. The van der Waals surface area contributed by atoms with Gasteiger partial charge in [-0.15, -0.1) is 10.2 Å². The lowest BCUT2D eigenvalue weighted by Gasteiger charge is -2.30. The van der Waals surface area contributed by atoms with E-state index in [0.717, 1.165) is 27.8 Å². The van der Waals surface area contributed by atoms with Crippen LogP contribution in [0, 0.1) is 11.6 Å². The third kappa shape index (κ3) is 4.80. The van der Waals surface area contributed by atoms with E-state index >= 15 is 0 Å². The van der Waals surface area contributed by atoms with Crippen LogP contribution in [0.4, 0.5) is 14.5 Å². The second kappa shape index (κ2) is 9.18. The molecule has 1 fully saturated rings. The Hall–Kier alpha value is -2.47. The van der Waals surface area contributed by atoms with Crippen molar-refractivity contribution in [2.45, 2.75) is 23.7 Å². The quantitative estimate of drug-likeness (QED) is 0.566. The van der Waals surface area contributed by atoms with Crippen molar-refractivity contribution in [2.24, 2.45) is 0 Å². The lowest BCUT2D eigenvalue weighted by molar-refractivity contribution is 0.102. The molecule has 0 radical (unpaired) electrons. The molecular weight excluding hydrogens is 482 g/mol. The van der Waals surface area contributed by atoms with E-state index in [2.05, 4.69) is 15.5 Å². The number of amides is 1. The largest absolute Gasteiger partial charge is 0.320 e. The number of sulfonamides is 1. The molecule has 1 aromatic heterocycles. The fourth-order valence-corrected chi connectivity index (χ4v) is 5.95. The summed E-state index contributed by atoms with van der Waals surface area (Å²) in [4.78, 5) is 11.9. The van der Waals surface area contributed by atoms with Crippen LogP contribution in [0.2, 0.25) is 5.02 Å². The van der Waals surface area contributed by atoms with Crippen LogP contribution >= 0.6 is 22.9 Å². The first-order valence-electron chi connectivity index (χ1n) is 9.59. The van der Waals surface area contributed by atoms with E-state index in [9.17, 15) is 22.0 Å². The van der Waals surface area contributed by atoms with Crippen LogP contribution in [0.1, 0.15) is 33.6 Å². The van der Waals surface area contributed by atoms with Gasteiger partial charge in [-0.25, -0.2) is 17.2 Å². The van der Waals surface area contributed by atoms with E-state index in [1.54, 1.807) is 24.3 Å². The molecule has 3 aromatic rings. The molecule has 0 saturated carbocycles. The molecule has 2 aromatic carbocycles. The number of benzene rings is 2. The van der Waals surface area contributed by atoms with Gasteiger partial charge in [0.25, 0.3) is 5.91 Å². The highest BCUT2D eigenvalue weighted by Crippen LogP contribution is 2.32. The monoisotopic (exact) mass is 498 g/mol. The maximum Gasteiger partial charge on any atom is 0.286 e. The summed E-state index contributed by atoms with van der Waals surface area (Å²) in [6.45, 7) is 0.269. The molecule has 1 saturated heterocycles. The number of carbonyl (C=O) groups excluding carboxylic acids is 1. The first kappa shape index (κ1) is 22.7. The normalized spacial score (nSPS) is 17.3. The Morgan fingerprint density at radius 3 is 2.62 bits per heavy atom. The van der Waals surface area contributed by atoms with Gasteiger partial charge >= 0.3 is 0 Å². The molecule has 0 spiro atoms. The van der Waals surface area contributed by atoms with Crippen molar-refractivity contribution in [3.05, 3.63) is 69.1 Å². The number of hydrogen-bond acceptors (Lipinski definition) is 6. The van der Waals surface area contributed by atoms with Gasteiger partial charge < -0.3 is 5.32 Å². The first-order chi connectivity index (χ1) is 15.2. The smallest absolute Gasteiger partial charge is 0.286 e. The molecule has 7 nitrogen and oxygen atoms in total. The lowest BCUT2D eigenvalue weighted by atomic mass is 10.0. The molecule has 0 aliphatic carbocycles. The predicted molar refractivity (Wildman–Crippen MR) is 116 cm³/mol. The van der Waals surface area contributed by atoms with Crippen LogP contribution in [0.3, 0.4) is 0 Å². The number of nitrogens with one attached hydrogen (secondary N) is 1. The molecule has 0 bridgehead atoms. The molecule has 32 heavy (non-hydrogen) atoms. The SMILES string of the molecule is O=C(Nc1ccc(Cl)cc1)c1nnc([C@H]2CCCN(S(=O)(=O)c3ccc(F)cc3F)C2)s1. The molecule has 1 aliphatic rings. The Labute approximate surface area is 192 Å². The standard InChI is InChI=1S/C20H17ClF2N4O3S2/c21-13-3-6-15(7-4-13)24-18(28)20-26-25-19(31-20)12-2-1-9-27(11-12)32(29,30)17-8-5-14(22)10-16(17)23/h3-8,10,12H,1-2,9,11H2,(H,24,28)/t12-/m0/s1. The second-order valence-electron chi connectivity index (χ2n) is 7.18. The number of carbonyl (C=O) groups is 1. The van der Waals surface area contributed by atoms with Crippen molar-refractivity contribution in [1.82, 2.24) is 14.5 Å². The fourth-order valence-electron chi connectivity index (χ4n) is 3.39. The van der Waals surface area contributed by atoms with Gasteiger partial charge in [-0.3, -0.25) is 4.79 Å². The first-order valence-corrected chi connectivity index (χ1v) is 12.2. The molecule has 1 atom stereocenters. The van der Waals surface area contributed by atoms with Crippen LogP contribution in [-0.4, -0.2) is 41.9 Å². The number of aromatic nitrogens is 2. The minimum atomic E-state index is -4.15. The zero-order valence-electron chi connectivity index (χ0n) is 16.5. The molecule has 12 heteroatoms. The fraction of sp³-hybridized carbons (Fsp3) is 0.250. The molecule has 0 unspecified atom stereocenters. The summed E-state index contributed by atoms with van der Waals surface area (Å²) in [7, 11) is -4.15. The molecule has 1 aliphatic heterocycles. The lowest BCUT2D eigenvalue weighted by Crippen LogP contribution is -2.39. The summed E-state index contributed by atoms with van der Waals surface area (Å²) in [5, 5.41) is 11.9. The van der Waals surface area contributed by atoms with Crippen molar-refractivity contribution in [3.63, 3.8) is 0 Å². The third-order valence-electron chi connectivity index (χ3n) is 4.98. The Morgan fingerprint density at radius 1 is 1.16 bits per heavy atom.